The van der Waals surface area contributed by atoms with E-state index >= 15 is 0 Å². The molecular formula is C14H28N2OS. The van der Waals surface area contributed by atoms with Crippen molar-refractivity contribution in [2.24, 2.45) is 0 Å². The Bertz CT molecular complexity index is 256. The fraction of sp³-hybridized carbons (Fsp3) is 0.929. The number of hydrogen-bond acceptors (Lipinski definition) is 3. The summed E-state index contributed by atoms with van der Waals surface area (Å²) in [7, 11) is 0. The number of nitrogens with one attached hydrogen (secondary N) is 1. The summed E-state index contributed by atoms with van der Waals surface area (Å²) in [5, 5.41) is 3.31. The van der Waals surface area contributed by atoms with Crippen LogP contribution in [0.15, 0.2) is 0 Å². The van der Waals surface area contributed by atoms with Crippen molar-refractivity contribution in [1.82, 2.24) is 10.2 Å². The molecule has 0 aromatic carbocycles. The third kappa shape index (κ3) is 3.64. The quantitative estimate of drug-likeness (QED) is 0.773. The molecule has 0 bridgehead atoms. The van der Waals surface area contributed by atoms with Crippen molar-refractivity contribution in [2.75, 3.05) is 25.9 Å². The number of likely N-dealkylation sites (tertiary alicyclic amines) is 1. The Hall–Kier alpha value is -0.220. The molecule has 1 amide bonds. The van der Waals surface area contributed by atoms with Gasteiger partial charge in [0.25, 0.3) is 0 Å². The maximum atomic E-state index is 12.4. The van der Waals surface area contributed by atoms with E-state index < -0.39 is 0 Å². The van der Waals surface area contributed by atoms with Crippen LogP contribution in [-0.2, 0) is 4.79 Å². The maximum absolute atomic E-state index is 12.4. The lowest BCUT2D eigenvalue weighted by Crippen LogP contribution is -2.54. The summed E-state index contributed by atoms with van der Waals surface area (Å²) < 4.78 is 0.240. The zero-order valence-electron chi connectivity index (χ0n) is 12.3. The van der Waals surface area contributed by atoms with Crippen LogP contribution in [-0.4, -0.2) is 47.5 Å². The third-order valence-corrected chi connectivity index (χ3v) is 5.75. The smallest absolute Gasteiger partial charge is 0.239 e. The van der Waals surface area contributed by atoms with Gasteiger partial charge in [0.2, 0.25) is 5.91 Å². The summed E-state index contributed by atoms with van der Waals surface area (Å²) in [6.07, 6.45) is 6.54. The molecule has 1 saturated heterocycles. The molecule has 3 nitrogen and oxygen atoms in total. The molecule has 1 unspecified atom stereocenters. The van der Waals surface area contributed by atoms with Gasteiger partial charge in [-0.3, -0.25) is 4.79 Å². The topological polar surface area (TPSA) is 32.3 Å². The number of carbonyl (C=O) groups is 1. The Labute approximate surface area is 116 Å². The van der Waals surface area contributed by atoms with Crippen molar-refractivity contribution < 1.29 is 4.79 Å². The summed E-state index contributed by atoms with van der Waals surface area (Å²) in [5.74, 6) is 0.309. The van der Waals surface area contributed by atoms with Gasteiger partial charge in [-0.2, -0.15) is 11.8 Å². The van der Waals surface area contributed by atoms with Crippen molar-refractivity contribution in [2.45, 2.75) is 57.2 Å². The predicted molar refractivity (Wildman–Crippen MR) is 80.1 cm³/mol. The van der Waals surface area contributed by atoms with Gasteiger partial charge >= 0.3 is 0 Å². The lowest BCUT2D eigenvalue weighted by molar-refractivity contribution is -0.136. The normalized spacial score (nSPS) is 21.4. The van der Waals surface area contributed by atoms with E-state index in [0.717, 1.165) is 45.3 Å². The first-order chi connectivity index (χ1) is 8.62. The number of likely N-dealkylation sites (N-methyl/N-ethyl adjacent to an activating group) is 1. The van der Waals surface area contributed by atoms with Crippen molar-refractivity contribution in [3.8, 4) is 0 Å². The average molecular weight is 272 g/mol. The summed E-state index contributed by atoms with van der Waals surface area (Å²) in [6, 6.07) is 0.0528. The average Bonchev–Trinajstić information content (AvgIpc) is 2.41. The highest BCUT2D eigenvalue weighted by atomic mass is 32.2. The number of carbonyl (C=O) groups excluding carboxylic acids is 1. The lowest BCUT2D eigenvalue weighted by atomic mass is 9.98. The first kappa shape index (κ1) is 15.8. The van der Waals surface area contributed by atoms with Crippen LogP contribution >= 0.6 is 11.8 Å². The monoisotopic (exact) mass is 272 g/mol. The molecule has 0 saturated carbocycles. The van der Waals surface area contributed by atoms with Crippen LogP contribution in [0.1, 0.15) is 46.5 Å². The summed E-state index contributed by atoms with van der Waals surface area (Å²) in [6.45, 7) is 9.24. The Kier molecular flexibility index (Phi) is 6.50. The standard InChI is InChI=1S/C14H28N2OS/c1-5-14(6-2,18-4)11-16-10-8-9-12(13(16)17)15-7-3/h12,15H,5-11H2,1-4H3. The van der Waals surface area contributed by atoms with Crippen LogP contribution in [0.2, 0.25) is 0 Å². The van der Waals surface area contributed by atoms with Crippen molar-refractivity contribution in [3.63, 3.8) is 0 Å². The number of rotatable bonds is 7. The number of amides is 1. The van der Waals surface area contributed by atoms with Gasteiger partial charge in [0.1, 0.15) is 0 Å². The van der Waals surface area contributed by atoms with Crippen LogP contribution in [0.5, 0.6) is 0 Å². The largest absolute Gasteiger partial charge is 0.340 e. The fourth-order valence-electron chi connectivity index (χ4n) is 2.71. The molecule has 0 aromatic rings. The highest BCUT2D eigenvalue weighted by molar-refractivity contribution is 8.00. The summed E-state index contributed by atoms with van der Waals surface area (Å²) >= 11 is 1.91. The molecule has 0 spiro atoms. The van der Waals surface area contributed by atoms with E-state index in [-0.39, 0.29) is 10.8 Å². The molecule has 1 aliphatic rings. The van der Waals surface area contributed by atoms with Gasteiger partial charge in [-0.15, -0.1) is 0 Å². The minimum Gasteiger partial charge on any atom is -0.340 e. The molecule has 0 aromatic heterocycles. The fourth-order valence-corrected chi connectivity index (χ4v) is 3.57. The van der Waals surface area contributed by atoms with Crippen LogP contribution in [0, 0.1) is 0 Å². The number of piperidine rings is 1. The van der Waals surface area contributed by atoms with Crippen molar-refractivity contribution in [1.29, 1.82) is 0 Å². The van der Waals surface area contributed by atoms with E-state index in [2.05, 4.69) is 37.2 Å². The van der Waals surface area contributed by atoms with Crippen LogP contribution in [0.4, 0.5) is 0 Å². The minimum atomic E-state index is 0.0528. The van der Waals surface area contributed by atoms with Crippen LogP contribution in [0.3, 0.4) is 0 Å². The van der Waals surface area contributed by atoms with Gasteiger partial charge in [-0.25, -0.2) is 0 Å². The van der Waals surface area contributed by atoms with Crippen molar-refractivity contribution >= 4 is 17.7 Å². The first-order valence-corrected chi connectivity index (χ1v) is 8.42. The second-order valence-electron chi connectivity index (χ2n) is 5.11. The molecule has 1 N–H and O–H groups in total. The van der Waals surface area contributed by atoms with E-state index in [4.69, 9.17) is 0 Å². The second kappa shape index (κ2) is 7.39. The molecule has 0 aliphatic carbocycles. The number of hydrogen-bond donors (Lipinski definition) is 1. The Morgan fingerprint density at radius 1 is 1.39 bits per heavy atom. The molecule has 1 aliphatic heterocycles. The molecule has 0 radical (unpaired) electrons. The molecule has 106 valence electrons. The highest BCUT2D eigenvalue weighted by Crippen LogP contribution is 2.32. The van der Waals surface area contributed by atoms with Crippen LogP contribution in [0.25, 0.3) is 0 Å². The molecular weight excluding hydrogens is 244 g/mol. The van der Waals surface area contributed by atoms with Gasteiger partial charge in [-0.1, -0.05) is 20.8 Å². The van der Waals surface area contributed by atoms with Gasteiger partial charge in [0.05, 0.1) is 6.04 Å². The van der Waals surface area contributed by atoms with Gasteiger partial charge in [0.15, 0.2) is 0 Å². The second-order valence-corrected chi connectivity index (χ2v) is 6.38. The summed E-state index contributed by atoms with van der Waals surface area (Å²) in [5.41, 5.74) is 0. The lowest BCUT2D eigenvalue weighted by Gasteiger charge is -2.40. The molecule has 1 atom stereocenters. The Morgan fingerprint density at radius 2 is 2.06 bits per heavy atom. The summed E-state index contributed by atoms with van der Waals surface area (Å²) in [4.78, 5) is 14.5. The van der Waals surface area contributed by atoms with E-state index in [9.17, 15) is 4.79 Å². The molecule has 1 fully saturated rings. The predicted octanol–water partition coefficient (Wildman–Crippen LogP) is 2.51. The van der Waals surface area contributed by atoms with Gasteiger partial charge in [-0.05, 0) is 38.5 Å². The molecule has 18 heavy (non-hydrogen) atoms. The first-order valence-electron chi connectivity index (χ1n) is 7.19. The van der Waals surface area contributed by atoms with E-state index in [1.807, 2.05) is 11.8 Å². The Balaban J connectivity index is 2.67. The van der Waals surface area contributed by atoms with Gasteiger partial charge in [0, 0.05) is 17.8 Å². The number of nitrogens with zero attached hydrogens (tertiary/aromatic N) is 1. The maximum Gasteiger partial charge on any atom is 0.239 e. The molecule has 1 rings (SSSR count). The molecule has 4 heteroatoms. The van der Waals surface area contributed by atoms with Crippen molar-refractivity contribution in [3.05, 3.63) is 0 Å². The zero-order chi connectivity index (χ0) is 13.6. The zero-order valence-corrected chi connectivity index (χ0v) is 13.1. The van der Waals surface area contributed by atoms with Gasteiger partial charge < -0.3 is 10.2 Å². The minimum absolute atomic E-state index is 0.0528. The van der Waals surface area contributed by atoms with E-state index in [1.165, 1.54) is 0 Å². The molecule has 1 heterocycles. The van der Waals surface area contributed by atoms with Crippen LogP contribution < -0.4 is 5.32 Å². The Morgan fingerprint density at radius 3 is 2.56 bits per heavy atom. The number of thioether (sulfide) groups is 1. The van der Waals surface area contributed by atoms with E-state index in [1.54, 1.807) is 0 Å². The highest BCUT2D eigenvalue weighted by Gasteiger charge is 2.34. The third-order valence-electron chi connectivity index (χ3n) is 4.18. The van der Waals surface area contributed by atoms with E-state index in [0.29, 0.717) is 5.91 Å². The SMILES string of the molecule is CCNC1CCCN(CC(CC)(CC)SC)C1=O.